The highest BCUT2D eigenvalue weighted by Gasteiger charge is 2.23. The van der Waals surface area contributed by atoms with Gasteiger partial charge in [-0.2, -0.15) is 0 Å². The van der Waals surface area contributed by atoms with Crippen LogP contribution in [0.2, 0.25) is 0 Å². The highest BCUT2D eigenvalue weighted by molar-refractivity contribution is 5.12. The van der Waals surface area contributed by atoms with Crippen LogP contribution in [0.3, 0.4) is 0 Å². The van der Waals surface area contributed by atoms with Gasteiger partial charge in [0, 0.05) is 12.5 Å². The van der Waals surface area contributed by atoms with Gasteiger partial charge >= 0.3 is 0 Å². The Labute approximate surface area is 111 Å². The molecule has 3 heteroatoms. The normalized spacial score (nSPS) is 24.4. The molecule has 0 bridgehead atoms. The molecule has 0 aromatic rings. The minimum Gasteiger partial charge on any atom is -0.350 e. The van der Waals surface area contributed by atoms with Gasteiger partial charge in [-0.05, 0) is 32.2 Å². The fraction of sp³-hybridized carbons (Fsp3) is 0.867. The molecular formula is C15H27NO2. The van der Waals surface area contributed by atoms with Crippen LogP contribution < -0.4 is 5.32 Å². The van der Waals surface area contributed by atoms with Crippen LogP contribution in [0.5, 0.6) is 0 Å². The number of hydrogen-bond acceptors (Lipinski definition) is 3. The Kier molecular flexibility index (Phi) is 6.18. The second-order valence-electron chi connectivity index (χ2n) is 5.25. The summed E-state index contributed by atoms with van der Waals surface area (Å²) < 4.78 is 11.2. The molecule has 1 aliphatic heterocycles. The van der Waals surface area contributed by atoms with Crippen LogP contribution in [0.25, 0.3) is 0 Å². The first-order valence-electron chi connectivity index (χ1n) is 7.55. The van der Waals surface area contributed by atoms with Gasteiger partial charge in [0.25, 0.3) is 0 Å². The number of rotatable bonds is 5. The second-order valence-corrected chi connectivity index (χ2v) is 5.25. The molecule has 1 atom stereocenters. The average molecular weight is 253 g/mol. The van der Waals surface area contributed by atoms with Gasteiger partial charge in [-0.25, -0.2) is 0 Å². The van der Waals surface area contributed by atoms with E-state index < -0.39 is 0 Å². The fourth-order valence-electron chi connectivity index (χ4n) is 2.88. The topological polar surface area (TPSA) is 30.5 Å². The number of likely N-dealkylation sites (N-methyl/N-ethyl adjacent to an activating group) is 1. The van der Waals surface area contributed by atoms with E-state index in [1.165, 1.54) is 38.5 Å². The third-order valence-corrected chi connectivity index (χ3v) is 3.84. The lowest BCUT2D eigenvalue weighted by molar-refractivity contribution is -0.0507. The minimum atomic E-state index is 0.000362. The van der Waals surface area contributed by atoms with E-state index in [1.54, 1.807) is 5.57 Å². The average Bonchev–Trinajstić information content (AvgIpc) is 2.81. The van der Waals surface area contributed by atoms with Crippen molar-refractivity contribution >= 4 is 0 Å². The van der Waals surface area contributed by atoms with Crippen molar-refractivity contribution in [1.82, 2.24) is 5.32 Å². The van der Waals surface area contributed by atoms with E-state index in [0.717, 1.165) is 26.2 Å². The number of nitrogens with one attached hydrogen (secondary N) is 1. The van der Waals surface area contributed by atoms with E-state index in [4.69, 9.17) is 9.47 Å². The maximum absolute atomic E-state index is 5.59. The van der Waals surface area contributed by atoms with Gasteiger partial charge < -0.3 is 14.8 Å². The molecule has 1 unspecified atom stereocenters. The Bertz CT molecular complexity index is 259. The second kappa shape index (κ2) is 7.93. The van der Waals surface area contributed by atoms with Crippen molar-refractivity contribution in [2.45, 2.75) is 64.2 Å². The van der Waals surface area contributed by atoms with Crippen LogP contribution in [-0.2, 0) is 9.47 Å². The summed E-state index contributed by atoms with van der Waals surface area (Å²) in [5.74, 6) is 0. The third kappa shape index (κ3) is 4.38. The predicted molar refractivity (Wildman–Crippen MR) is 73.6 cm³/mol. The maximum atomic E-state index is 5.59. The van der Waals surface area contributed by atoms with Crippen LogP contribution in [0.15, 0.2) is 11.6 Å². The monoisotopic (exact) mass is 253 g/mol. The van der Waals surface area contributed by atoms with Gasteiger partial charge in [0.2, 0.25) is 0 Å². The van der Waals surface area contributed by atoms with Crippen molar-refractivity contribution in [2.75, 3.05) is 19.8 Å². The van der Waals surface area contributed by atoms with Gasteiger partial charge in [0.05, 0.1) is 13.2 Å². The fourth-order valence-corrected chi connectivity index (χ4v) is 2.88. The first-order chi connectivity index (χ1) is 8.90. The van der Waals surface area contributed by atoms with Crippen molar-refractivity contribution in [3.8, 4) is 0 Å². The van der Waals surface area contributed by atoms with Crippen LogP contribution in [-0.4, -0.2) is 32.1 Å². The molecule has 2 rings (SSSR count). The molecule has 0 radical (unpaired) electrons. The smallest absolute Gasteiger partial charge is 0.159 e. The highest BCUT2D eigenvalue weighted by Crippen LogP contribution is 2.23. The van der Waals surface area contributed by atoms with Crippen molar-refractivity contribution in [3.63, 3.8) is 0 Å². The van der Waals surface area contributed by atoms with Gasteiger partial charge in [-0.3, -0.25) is 0 Å². The Morgan fingerprint density at radius 3 is 2.78 bits per heavy atom. The van der Waals surface area contributed by atoms with Gasteiger partial charge in [-0.1, -0.05) is 31.4 Å². The number of ether oxygens (including phenoxy) is 2. The Morgan fingerprint density at radius 1 is 1.22 bits per heavy atom. The third-order valence-electron chi connectivity index (χ3n) is 3.84. The Morgan fingerprint density at radius 2 is 2.00 bits per heavy atom. The lowest BCUT2D eigenvalue weighted by Gasteiger charge is -2.25. The SMILES string of the molecule is CCNC(CC1OCCO1)C1=CCCCCCC1. The summed E-state index contributed by atoms with van der Waals surface area (Å²) in [6.07, 6.45) is 11.4. The van der Waals surface area contributed by atoms with E-state index in [1.807, 2.05) is 0 Å². The molecule has 104 valence electrons. The predicted octanol–water partition coefficient (Wildman–Crippen LogP) is 3.01. The Hall–Kier alpha value is -0.380. The van der Waals surface area contributed by atoms with Gasteiger partial charge in [0.15, 0.2) is 6.29 Å². The van der Waals surface area contributed by atoms with Crippen molar-refractivity contribution < 1.29 is 9.47 Å². The van der Waals surface area contributed by atoms with Crippen molar-refractivity contribution in [2.24, 2.45) is 0 Å². The standard InChI is InChI=1S/C15H27NO2/c1-2-16-14(12-15-17-10-11-18-15)13-8-6-4-3-5-7-9-13/h8,14-16H,2-7,9-12H2,1H3. The summed E-state index contributed by atoms with van der Waals surface area (Å²) in [5.41, 5.74) is 1.58. The molecule has 3 nitrogen and oxygen atoms in total. The maximum Gasteiger partial charge on any atom is 0.159 e. The molecule has 0 spiro atoms. The van der Waals surface area contributed by atoms with Crippen molar-refractivity contribution in [1.29, 1.82) is 0 Å². The van der Waals surface area contributed by atoms with Crippen LogP contribution >= 0.6 is 0 Å². The summed E-state index contributed by atoms with van der Waals surface area (Å²) in [5, 5.41) is 3.60. The molecule has 1 saturated heterocycles. The zero-order valence-electron chi connectivity index (χ0n) is 11.6. The van der Waals surface area contributed by atoms with Crippen LogP contribution in [0, 0.1) is 0 Å². The van der Waals surface area contributed by atoms with E-state index >= 15 is 0 Å². The molecule has 1 N–H and O–H groups in total. The molecule has 1 fully saturated rings. The first-order valence-corrected chi connectivity index (χ1v) is 7.55. The molecule has 2 aliphatic rings. The Balaban J connectivity index is 1.92. The molecule has 1 heterocycles. The number of hydrogen-bond donors (Lipinski definition) is 1. The lowest BCUT2D eigenvalue weighted by atomic mass is 9.93. The van der Waals surface area contributed by atoms with Gasteiger partial charge in [0.1, 0.15) is 0 Å². The largest absolute Gasteiger partial charge is 0.350 e. The zero-order chi connectivity index (χ0) is 12.6. The van der Waals surface area contributed by atoms with Crippen molar-refractivity contribution in [3.05, 3.63) is 11.6 Å². The zero-order valence-corrected chi connectivity index (χ0v) is 11.6. The summed E-state index contributed by atoms with van der Waals surface area (Å²) in [6.45, 7) is 4.69. The summed E-state index contributed by atoms with van der Waals surface area (Å²) in [6, 6.07) is 0.441. The van der Waals surface area contributed by atoms with Crippen LogP contribution in [0.1, 0.15) is 51.9 Å². The van der Waals surface area contributed by atoms with Crippen LogP contribution in [0.4, 0.5) is 0 Å². The summed E-state index contributed by atoms with van der Waals surface area (Å²) >= 11 is 0. The quantitative estimate of drug-likeness (QED) is 0.764. The van der Waals surface area contributed by atoms with E-state index in [9.17, 15) is 0 Å². The molecule has 0 aromatic heterocycles. The first kappa shape index (κ1) is 14.0. The molecule has 0 aromatic carbocycles. The molecule has 0 amide bonds. The van der Waals surface area contributed by atoms with E-state index in [2.05, 4.69) is 18.3 Å². The molecule has 0 saturated carbocycles. The van der Waals surface area contributed by atoms with Gasteiger partial charge in [-0.15, -0.1) is 0 Å². The summed E-state index contributed by atoms with van der Waals surface area (Å²) in [7, 11) is 0. The van der Waals surface area contributed by atoms with E-state index in [-0.39, 0.29) is 6.29 Å². The number of allylic oxidation sites excluding steroid dienone is 1. The molecular weight excluding hydrogens is 226 g/mol. The van der Waals surface area contributed by atoms with E-state index in [0.29, 0.717) is 6.04 Å². The molecule has 18 heavy (non-hydrogen) atoms. The minimum absolute atomic E-state index is 0.000362. The lowest BCUT2D eigenvalue weighted by Crippen LogP contribution is -2.35. The molecule has 1 aliphatic carbocycles. The summed E-state index contributed by atoms with van der Waals surface area (Å²) in [4.78, 5) is 0. The highest BCUT2D eigenvalue weighted by atomic mass is 16.7.